The van der Waals surface area contributed by atoms with E-state index in [1.54, 1.807) is 6.92 Å². The second kappa shape index (κ2) is 7.44. The van der Waals surface area contributed by atoms with Gasteiger partial charge in [0.1, 0.15) is 5.92 Å². The van der Waals surface area contributed by atoms with Crippen LogP contribution in [-0.2, 0) is 9.59 Å². The van der Waals surface area contributed by atoms with Gasteiger partial charge in [0.25, 0.3) is 11.6 Å². The first-order valence-corrected chi connectivity index (χ1v) is 8.75. The molecule has 1 aromatic carbocycles. The van der Waals surface area contributed by atoms with Crippen molar-refractivity contribution < 1.29 is 14.5 Å². The zero-order valence-corrected chi connectivity index (χ0v) is 14.7. The maximum Gasteiger partial charge on any atom is 0.280 e. The molecule has 0 unspecified atom stereocenters. The lowest BCUT2D eigenvalue weighted by Gasteiger charge is -2.15. The molecule has 1 fully saturated rings. The molecule has 9 heteroatoms. The zero-order valence-electron chi connectivity index (χ0n) is 13.8. The van der Waals surface area contributed by atoms with E-state index in [1.807, 2.05) is 30.3 Å². The molecule has 1 saturated heterocycles. The Morgan fingerprint density at radius 1 is 1.38 bits per heavy atom. The average Bonchev–Trinajstić information content (AvgIpc) is 3.27. The van der Waals surface area contributed by atoms with E-state index >= 15 is 0 Å². The molecule has 2 amide bonds. The molecular formula is C17H16N4O4S. The van der Waals surface area contributed by atoms with E-state index in [0.717, 1.165) is 16.9 Å². The van der Waals surface area contributed by atoms with Gasteiger partial charge in [-0.15, -0.1) is 11.3 Å². The predicted molar refractivity (Wildman–Crippen MR) is 97.0 cm³/mol. The molecule has 0 saturated carbocycles. The number of nitrogens with zero attached hydrogens (tertiary/aromatic N) is 2. The normalized spacial score (nSPS) is 19.9. The Morgan fingerprint density at radius 3 is 2.77 bits per heavy atom. The van der Waals surface area contributed by atoms with Crippen LogP contribution in [0.4, 0.5) is 5.69 Å². The monoisotopic (exact) mass is 372 g/mol. The second-order valence-corrected chi connectivity index (χ2v) is 6.75. The molecule has 26 heavy (non-hydrogen) atoms. The molecule has 8 nitrogen and oxygen atoms in total. The summed E-state index contributed by atoms with van der Waals surface area (Å²) in [6.07, 6.45) is 0. The number of hydrogen-bond donors (Lipinski definition) is 2. The standard InChI is InChI=1S/C17H16N4O4S/c1-10(14-7-12(9-26-14)21(24)25)19-20-17(23)15-13(8-18-16(15)22)11-5-3-2-4-6-11/h2-7,9,13,15H,8H2,1H3,(H,18,22)(H,20,23)/b19-10-/t13-,15-/m1/s1. The highest BCUT2D eigenvalue weighted by Crippen LogP contribution is 2.29. The lowest BCUT2D eigenvalue weighted by atomic mass is 9.88. The van der Waals surface area contributed by atoms with E-state index in [2.05, 4.69) is 15.8 Å². The molecule has 2 atom stereocenters. The summed E-state index contributed by atoms with van der Waals surface area (Å²) in [5.41, 5.74) is 3.73. The molecule has 1 aromatic heterocycles. The van der Waals surface area contributed by atoms with Crippen LogP contribution in [0, 0.1) is 16.0 Å². The van der Waals surface area contributed by atoms with Gasteiger partial charge in [0.05, 0.1) is 20.9 Å². The van der Waals surface area contributed by atoms with Crippen LogP contribution in [0.15, 0.2) is 46.9 Å². The van der Waals surface area contributed by atoms with Gasteiger partial charge in [0.2, 0.25) is 5.91 Å². The summed E-state index contributed by atoms with van der Waals surface area (Å²) in [5, 5.41) is 18.9. The third-order valence-electron chi connectivity index (χ3n) is 4.18. The van der Waals surface area contributed by atoms with Crippen LogP contribution >= 0.6 is 11.3 Å². The Balaban J connectivity index is 1.73. The Morgan fingerprint density at radius 2 is 2.12 bits per heavy atom. The smallest absolute Gasteiger partial charge is 0.280 e. The van der Waals surface area contributed by atoms with Crippen LogP contribution in [0.5, 0.6) is 0 Å². The molecule has 134 valence electrons. The lowest BCUT2D eigenvalue weighted by Crippen LogP contribution is -2.35. The van der Waals surface area contributed by atoms with Gasteiger partial charge in [0, 0.05) is 18.5 Å². The van der Waals surface area contributed by atoms with E-state index < -0.39 is 16.7 Å². The molecule has 0 aliphatic carbocycles. The summed E-state index contributed by atoms with van der Waals surface area (Å²) in [4.78, 5) is 35.4. The van der Waals surface area contributed by atoms with Crippen LogP contribution < -0.4 is 10.7 Å². The Kier molecular flexibility index (Phi) is 5.08. The maximum absolute atomic E-state index is 12.5. The molecule has 0 bridgehead atoms. The highest BCUT2D eigenvalue weighted by Gasteiger charge is 2.41. The van der Waals surface area contributed by atoms with Gasteiger partial charge >= 0.3 is 0 Å². The van der Waals surface area contributed by atoms with E-state index in [1.165, 1.54) is 11.4 Å². The fraction of sp³-hybridized carbons (Fsp3) is 0.235. The number of carbonyl (C=O) groups is 2. The molecular weight excluding hydrogens is 356 g/mol. The number of rotatable bonds is 5. The van der Waals surface area contributed by atoms with Crippen molar-refractivity contribution in [1.82, 2.24) is 10.7 Å². The molecule has 0 radical (unpaired) electrons. The number of carbonyl (C=O) groups excluding carboxylic acids is 2. The Bertz CT molecular complexity index is 878. The van der Waals surface area contributed by atoms with Crippen molar-refractivity contribution in [3.8, 4) is 0 Å². The minimum Gasteiger partial charge on any atom is -0.355 e. The highest BCUT2D eigenvalue weighted by atomic mass is 32.1. The fourth-order valence-corrected chi connectivity index (χ4v) is 3.62. The lowest BCUT2D eigenvalue weighted by molar-refractivity contribution is -0.384. The Hall–Kier alpha value is -3.07. The molecule has 2 N–H and O–H groups in total. The average molecular weight is 372 g/mol. The summed E-state index contributed by atoms with van der Waals surface area (Å²) in [5.74, 6) is -1.97. The first-order chi connectivity index (χ1) is 12.5. The van der Waals surface area contributed by atoms with Crippen LogP contribution in [0.3, 0.4) is 0 Å². The van der Waals surface area contributed by atoms with E-state index in [4.69, 9.17) is 0 Å². The summed E-state index contributed by atoms with van der Waals surface area (Å²) >= 11 is 1.16. The van der Waals surface area contributed by atoms with Crippen molar-refractivity contribution in [2.75, 3.05) is 6.54 Å². The fourth-order valence-electron chi connectivity index (χ4n) is 2.81. The number of nitro groups is 1. The molecule has 0 spiro atoms. The number of hydrazone groups is 1. The number of nitrogens with one attached hydrogen (secondary N) is 2. The predicted octanol–water partition coefficient (Wildman–Crippen LogP) is 2.03. The third kappa shape index (κ3) is 3.62. The molecule has 2 aromatic rings. The maximum atomic E-state index is 12.5. The first-order valence-electron chi connectivity index (χ1n) is 7.87. The van der Waals surface area contributed by atoms with Crippen molar-refractivity contribution in [3.05, 3.63) is 62.3 Å². The summed E-state index contributed by atoms with van der Waals surface area (Å²) in [6.45, 7) is 2.03. The van der Waals surface area contributed by atoms with Gasteiger partial charge in [-0.1, -0.05) is 30.3 Å². The van der Waals surface area contributed by atoms with Gasteiger partial charge in [0.15, 0.2) is 0 Å². The summed E-state index contributed by atoms with van der Waals surface area (Å²) < 4.78 is 0. The third-order valence-corrected chi connectivity index (χ3v) is 5.20. The SMILES string of the molecule is C/C(=N/NC(=O)[C@H]1C(=O)NC[C@@H]1c1ccccc1)c1cc([N+](=O)[O-])cs1. The summed E-state index contributed by atoms with van der Waals surface area (Å²) in [7, 11) is 0. The van der Waals surface area contributed by atoms with Crippen molar-refractivity contribution in [3.63, 3.8) is 0 Å². The van der Waals surface area contributed by atoms with E-state index in [9.17, 15) is 19.7 Å². The van der Waals surface area contributed by atoms with Crippen LogP contribution in [0.2, 0.25) is 0 Å². The van der Waals surface area contributed by atoms with Gasteiger partial charge in [-0.3, -0.25) is 19.7 Å². The van der Waals surface area contributed by atoms with Crippen LogP contribution in [0.1, 0.15) is 23.3 Å². The molecule has 2 heterocycles. The number of benzene rings is 1. The Labute approximate surface area is 153 Å². The zero-order chi connectivity index (χ0) is 18.7. The van der Waals surface area contributed by atoms with E-state index in [0.29, 0.717) is 17.1 Å². The largest absolute Gasteiger partial charge is 0.355 e. The van der Waals surface area contributed by atoms with Crippen molar-refractivity contribution in [2.24, 2.45) is 11.0 Å². The van der Waals surface area contributed by atoms with Crippen LogP contribution in [-0.4, -0.2) is 29.0 Å². The highest BCUT2D eigenvalue weighted by molar-refractivity contribution is 7.12. The van der Waals surface area contributed by atoms with Crippen molar-refractivity contribution >= 4 is 34.6 Å². The summed E-state index contributed by atoms with van der Waals surface area (Å²) in [6, 6.07) is 10.7. The van der Waals surface area contributed by atoms with Gasteiger partial charge in [-0.25, -0.2) is 5.43 Å². The topological polar surface area (TPSA) is 114 Å². The van der Waals surface area contributed by atoms with Crippen molar-refractivity contribution in [1.29, 1.82) is 0 Å². The van der Waals surface area contributed by atoms with Gasteiger partial charge in [-0.2, -0.15) is 5.10 Å². The quantitative estimate of drug-likeness (QED) is 0.362. The van der Waals surface area contributed by atoms with E-state index in [-0.39, 0.29) is 17.5 Å². The van der Waals surface area contributed by atoms with Gasteiger partial charge < -0.3 is 5.32 Å². The number of amides is 2. The number of hydrogen-bond acceptors (Lipinski definition) is 6. The second-order valence-electron chi connectivity index (χ2n) is 5.84. The molecule has 1 aliphatic heterocycles. The molecule has 3 rings (SSSR count). The van der Waals surface area contributed by atoms with Gasteiger partial charge in [-0.05, 0) is 12.5 Å². The van der Waals surface area contributed by atoms with Crippen molar-refractivity contribution in [2.45, 2.75) is 12.8 Å². The van der Waals surface area contributed by atoms with Crippen LogP contribution in [0.25, 0.3) is 0 Å². The molecule has 1 aliphatic rings. The minimum absolute atomic E-state index is 0.0230. The first kappa shape index (κ1) is 17.7. The minimum atomic E-state index is -0.869. The number of thiophene rings is 1.